The van der Waals surface area contributed by atoms with Crippen LogP contribution in [-0.2, 0) is 19.0 Å². The van der Waals surface area contributed by atoms with Gasteiger partial charge in [-0.15, -0.1) is 0 Å². The molecule has 1 aromatic heterocycles. The number of aliphatic hydroxyl groups is 3. The van der Waals surface area contributed by atoms with Gasteiger partial charge < -0.3 is 25.4 Å². The molecule has 0 radical (unpaired) electrons. The lowest BCUT2D eigenvalue weighted by atomic mass is 10.1. The molecule has 1 fully saturated rings. The highest BCUT2D eigenvalue weighted by atomic mass is 32.2. The first kappa shape index (κ1) is 17.3. The van der Waals surface area contributed by atoms with Crippen molar-refractivity contribution in [2.45, 2.75) is 30.6 Å². The van der Waals surface area contributed by atoms with Crippen molar-refractivity contribution in [3.63, 3.8) is 0 Å². The van der Waals surface area contributed by atoms with E-state index in [1.54, 1.807) is 0 Å². The minimum absolute atomic E-state index is 0.211. The van der Waals surface area contributed by atoms with E-state index in [1.165, 1.54) is 17.2 Å². The number of nitrogens with one attached hydrogen (secondary N) is 1. The summed E-state index contributed by atoms with van der Waals surface area (Å²) in [6.07, 6.45) is -0.686. The summed E-state index contributed by atoms with van der Waals surface area (Å²) in [7, 11) is -3.62. The molecule has 11 nitrogen and oxygen atoms in total. The van der Waals surface area contributed by atoms with E-state index in [2.05, 4.69) is 15.3 Å². The fraction of sp³-hybridized carbons (Fsp3) is 0.667. The molecule has 134 valence electrons. The van der Waals surface area contributed by atoms with Gasteiger partial charge in [0.25, 0.3) is 10.1 Å². The first-order valence-electron chi connectivity index (χ1n) is 7.13. The summed E-state index contributed by atoms with van der Waals surface area (Å²) >= 11 is 0. The number of hydrogen-bond donors (Lipinski definition) is 4. The summed E-state index contributed by atoms with van der Waals surface area (Å²) < 4.78 is 33.9. The molecule has 3 heterocycles. The third-order valence-corrected chi connectivity index (χ3v) is 4.39. The van der Waals surface area contributed by atoms with Crippen LogP contribution < -0.4 is 5.32 Å². The second kappa shape index (κ2) is 6.38. The molecular weight excluding hydrogens is 344 g/mol. The lowest BCUT2D eigenvalue weighted by Crippen LogP contribution is -2.33. The van der Waals surface area contributed by atoms with Crippen LogP contribution in [0.15, 0.2) is 11.3 Å². The number of ether oxygens (including phenoxy) is 1. The monoisotopic (exact) mass is 362 g/mol. The Labute approximate surface area is 137 Å². The molecule has 1 unspecified atom stereocenters. The summed E-state index contributed by atoms with van der Waals surface area (Å²) in [5.41, 5.74) is 0.416. The van der Waals surface area contributed by atoms with E-state index in [-0.39, 0.29) is 6.61 Å². The van der Waals surface area contributed by atoms with Gasteiger partial charge in [-0.2, -0.15) is 8.42 Å². The van der Waals surface area contributed by atoms with Crippen molar-refractivity contribution in [3.8, 4) is 0 Å². The molecule has 0 bridgehead atoms. The van der Waals surface area contributed by atoms with E-state index < -0.39 is 47.3 Å². The van der Waals surface area contributed by atoms with E-state index in [9.17, 15) is 18.6 Å². The largest absolute Gasteiger partial charge is 0.394 e. The molecule has 2 aliphatic rings. The molecule has 12 heteroatoms. The zero-order valence-corrected chi connectivity index (χ0v) is 13.5. The van der Waals surface area contributed by atoms with Gasteiger partial charge in [-0.25, -0.2) is 4.98 Å². The van der Waals surface area contributed by atoms with Gasteiger partial charge in [0.2, 0.25) is 0 Å². The van der Waals surface area contributed by atoms with Crippen LogP contribution in [0.2, 0.25) is 0 Å². The smallest absolute Gasteiger partial charge is 0.264 e. The number of nitrogens with zero attached hydrogens (tertiary/aromatic N) is 3. The van der Waals surface area contributed by atoms with Gasteiger partial charge in [-0.3, -0.25) is 13.7 Å². The van der Waals surface area contributed by atoms with Crippen molar-refractivity contribution in [1.29, 1.82) is 0 Å². The van der Waals surface area contributed by atoms with Gasteiger partial charge in [0.05, 0.1) is 32.1 Å². The molecule has 3 rings (SSSR count). The number of fused-ring (bicyclic) bond motifs is 1. The van der Waals surface area contributed by atoms with Gasteiger partial charge in [-0.05, 0) is 0 Å². The molecule has 0 aliphatic carbocycles. The average Bonchev–Trinajstić information content (AvgIpc) is 3.07. The van der Waals surface area contributed by atoms with Crippen LogP contribution in [0.4, 0.5) is 5.82 Å². The fourth-order valence-electron chi connectivity index (χ4n) is 2.64. The molecule has 1 aromatic rings. The molecule has 0 saturated carbocycles. The molecule has 4 N–H and O–H groups in total. The molecule has 0 amide bonds. The van der Waals surface area contributed by atoms with Gasteiger partial charge in [-0.1, -0.05) is 0 Å². The maximum absolute atomic E-state index is 11.1. The van der Waals surface area contributed by atoms with Crippen molar-refractivity contribution in [2.75, 3.05) is 24.8 Å². The minimum Gasteiger partial charge on any atom is -0.394 e. The van der Waals surface area contributed by atoms with Crippen molar-refractivity contribution in [3.05, 3.63) is 12.0 Å². The molecule has 1 saturated heterocycles. The predicted octanol–water partition coefficient (Wildman–Crippen LogP) is -2.03. The maximum atomic E-state index is 11.1. The molecule has 0 aromatic carbocycles. The van der Waals surface area contributed by atoms with Crippen LogP contribution in [0.25, 0.3) is 0 Å². The first-order chi connectivity index (χ1) is 11.3. The van der Waals surface area contributed by atoms with E-state index in [1.807, 2.05) is 0 Å². The number of hydrogen-bond acceptors (Lipinski definition) is 10. The summed E-state index contributed by atoms with van der Waals surface area (Å²) in [4.78, 5) is 8.26. The van der Waals surface area contributed by atoms with Crippen LogP contribution >= 0.6 is 0 Å². The quantitative estimate of drug-likeness (QED) is 0.434. The Hall–Kier alpha value is -1.57. The van der Waals surface area contributed by atoms with Crippen LogP contribution in [0.5, 0.6) is 0 Å². The Morgan fingerprint density at radius 1 is 1.42 bits per heavy atom. The summed E-state index contributed by atoms with van der Waals surface area (Å²) in [6, 6.07) is -0.644. The minimum atomic E-state index is -3.62. The van der Waals surface area contributed by atoms with Crippen LogP contribution in [0.1, 0.15) is 18.0 Å². The van der Waals surface area contributed by atoms with Crippen molar-refractivity contribution >= 4 is 22.3 Å². The number of aromatic nitrogens is 2. The van der Waals surface area contributed by atoms with Crippen LogP contribution in [0, 0.1) is 0 Å². The van der Waals surface area contributed by atoms with E-state index in [0.717, 1.165) is 6.26 Å². The summed E-state index contributed by atoms with van der Waals surface area (Å²) in [5, 5.41) is 32.0. The fourth-order valence-corrected chi connectivity index (χ4v) is 3.02. The Bertz CT molecular complexity index is 734. The Balaban J connectivity index is 1.83. The number of imidazole rings is 1. The van der Waals surface area contributed by atoms with Crippen LogP contribution in [-0.4, -0.2) is 77.4 Å². The normalized spacial score (nSPS) is 32.6. The van der Waals surface area contributed by atoms with Gasteiger partial charge in [0, 0.05) is 0 Å². The molecule has 24 heavy (non-hydrogen) atoms. The molecular formula is C12H18N4O7S. The second-order valence-electron chi connectivity index (χ2n) is 5.54. The Kier molecular flexibility index (Phi) is 4.59. The van der Waals surface area contributed by atoms with Gasteiger partial charge in [0.15, 0.2) is 6.23 Å². The lowest BCUT2D eigenvalue weighted by Gasteiger charge is -2.22. The zero-order chi connectivity index (χ0) is 17.5. The lowest BCUT2D eigenvalue weighted by molar-refractivity contribution is -0.0518. The Morgan fingerprint density at radius 2 is 2.17 bits per heavy atom. The molecule has 5 atom stereocenters. The number of anilines is 1. The van der Waals surface area contributed by atoms with Crippen molar-refractivity contribution in [2.24, 2.45) is 4.99 Å². The van der Waals surface area contributed by atoms with Gasteiger partial charge in [0.1, 0.15) is 35.9 Å². The third kappa shape index (κ3) is 3.16. The van der Waals surface area contributed by atoms with Crippen LogP contribution in [0.3, 0.4) is 0 Å². The topological polar surface area (TPSA) is 156 Å². The molecule has 0 spiro atoms. The van der Waals surface area contributed by atoms with E-state index in [0.29, 0.717) is 11.5 Å². The summed E-state index contributed by atoms with van der Waals surface area (Å²) in [6.45, 7) is -0.650. The highest BCUT2D eigenvalue weighted by Crippen LogP contribution is 2.35. The van der Waals surface area contributed by atoms with Crippen molar-refractivity contribution < 1.29 is 32.7 Å². The molecule has 2 aliphatic heterocycles. The second-order valence-corrected chi connectivity index (χ2v) is 7.19. The number of aliphatic imine (C=N–C) groups is 1. The SMILES string of the molecule is CS(=O)(=O)OCC1N=CNc2c1ncn2[C@@H]1O[C@H](CO)[C@@H](O)[C@H]1O. The first-order valence-corrected chi connectivity index (χ1v) is 8.95. The average molecular weight is 362 g/mol. The van der Waals surface area contributed by atoms with Crippen molar-refractivity contribution in [1.82, 2.24) is 9.55 Å². The van der Waals surface area contributed by atoms with Gasteiger partial charge >= 0.3 is 0 Å². The maximum Gasteiger partial charge on any atom is 0.264 e. The number of aliphatic hydroxyl groups excluding tert-OH is 3. The standard InChI is InChI=1S/C12H18N4O7S/c1-24(20,21)22-3-6-8-11(14-4-13-6)16(5-15-8)12-10(19)9(18)7(2-17)23-12/h4-7,9-10,12,17-19H,2-3H2,1H3,(H,13,14)/t6?,7-,9-,10-,12-/m1/s1. The summed E-state index contributed by atoms with van der Waals surface area (Å²) in [5.74, 6) is 0.432. The highest BCUT2D eigenvalue weighted by molar-refractivity contribution is 7.85. The number of rotatable bonds is 5. The highest BCUT2D eigenvalue weighted by Gasteiger charge is 2.44. The van der Waals surface area contributed by atoms with E-state index in [4.69, 9.17) is 14.0 Å². The zero-order valence-electron chi connectivity index (χ0n) is 12.7. The third-order valence-electron chi connectivity index (χ3n) is 3.82. The Morgan fingerprint density at radius 3 is 2.79 bits per heavy atom. The predicted molar refractivity (Wildman–Crippen MR) is 80.9 cm³/mol. The van der Waals surface area contributed by atoms with E-state index >= 15 is 0 Å².